The van der Waals surface area contributed by atoms with E-state index >= 15 is 0 Å². The lowest BCUT2D eigenvalue weighted by Gasteiger charge is -2.23. The summed E-state index contributed by atoms with van der Waals surface area (Å²) < 4.78 is 6.62. The standard InChI is InChI=1S/C36H35OP/c1-5-16-30(17-6-1)18-13-14-27-37-36(28-31-19-7-2-8-20-31)32-21-15-26-35(29-32)38(33-22-9-3-10-23-33)34-24-11-4-12-25-34/h1-12,15-17,19-26,29,36H,13-14,18,27-28H2. The number of rotatable bonds is 12. The first kappa shape index (κ1) is 26.1. The molecule has 5 rings (SSSR count). The molecule has 190 valence electrons. The quantitative estimate of drug-likeness (QED) is 0.122. The highest BCUT2D eigenvalue weighted by Gasteiger charge is 2.19. The Hall–Kier alpha value is -3.51. The summed E-state index contributed by atoms with van der Waals surface area (Å²) in [5.74, 6) is 0. The Morgan fingerprint density at radius 1 is 0.500 bits per heavy atom. The van der Waals surface area contributed by atoms with E-state index in [0.29, 0.717) is 0 Å². The van der Waals surface area contributed by atoms with Gasteiger partial charge in [-0.2, -0.15) is 0 Å². The summed E-state index contributed by atoms with van der Waals surface area (Å²) >= 11 is 0. The normalized spacial score (nSPS) is 11.9. The van der Waals surface area contributed by atoms with Crippen LogP contribution in [0.4, 0.5) is 0 Å². The summed E-state index contributed by atoms with van der Waals surface area (Å²) in [6.45, 7) is 0.765. The Morgan fingerprint density at radius 2 is 1.03 bits per heavy atom. The lowest BCUT2D eigenvalue weighted by atomic mass is 10.0. The highest BCUT2D eigenvalue weighted by atomic mass is 31.1. The number of ether oxygens (including phenoxy) is 1. The van der Waals surface area contributed by atoms with E-state index in [1.165, 1.54) is 32.6 Å². The molecule has 0 heterocycles. The van der Waals surface area contributed by atoms with Gasteiger partial charge in [0.05, 0.1) is 6.10 Å². The van der Waals surface area contributed by atoms with Crippen LogP contribution in [0.1, 0.15) is 35.6 Å². The monoisotopic (exact) mass is 514 g/mol. The van der Waals surface area contributed by atoms with Gasteiger partial charge in [-0.15, -0.1) is 0 Å². The zero-order chi connectivity index (χ0) is 25.8. The number of hydrogen-bond acceptors (Lipinski definition) is 1. The van der Waals surface area contributed by atoms with Crippen molar-refractivity contribution < 1.29 is 4.74 Å². The molecular weight excluding hydrogens is 479 g/mol. The van der Waals surface area contributed by atoms with Crippen LogP contribution < -0.4 is 15.9 Å². The van der Waals surface area contributed by atoms with Crippen LogP contribution in [-0.4, -0.2) is 6.61 Å². The third-order valence-corrected chi connectivity index (χ3v) is 9.24. The van der Waals surface area contributed by atoms with Gasteiger partial charge in [0, 0.05) is 13.0 Å². The van der Waals surface area contributed by atoms with Crippen LogP contribution in [0.5, 0.6) is 0 Å². The summed E-state index contributed by atoms with van der Waals surface area (Å²) in [4.78, 5) is 0. The molecule has 5 aromatic carbocycles. The molecular formula is C36H35OP. The van der Waals surface area contributed by atoms with Gasteiger partial charge in [0.25, 0.3) is 0 Å². The van der Waals surface area contributed by atoms with Crippen LogP contribution in [0.2, 0.25) is 0 Å². The van der Waals surface area contributed by atoms with Crippen molar-refractivity contribution >= 4 is 23.8 Å². The van der Waals surface area contributed by atoms with Crippen LogP contribution in [0.25, 0.3) is 0 Å². The second-order valence-electron chi connectivity index (χ2n) is 9.59. The van der Waals surface area contributed by atoms with E-state index in [4.69, 9.17) is 4.74 Å². The van der Waals surface area contributed by atoms with Crippen LogP contribution in [0.15, 0.2) is 146 Å². The Bertz CT molecular complexity index is 1310. The Morgan fingerprint density at radius 3 is 1.63 bits per heavy atom. The number of hydrogen-bond donors (Lipinski definition) is 0. The van der Waals surface area contributed by atoms with Crippen molar-refractivity contribution in [3.05, 3.63) is 162 Å². The zero-order valence-corrected chi connectivity index (χ0v) is 22.7. The molecule has 0 bridgehead atoms. The van der Waals surface area contributed by atoms with E-state index in [1.54, 1.807) is 0 Å². The highest BCUT2D eigenvalue weighted by molar-refractivity contribution is 7.79. The van der Waals surface area contributed by atoms with Crippen LogP contribution in [0, 0.1) is 0 Å². The summed E-state index contributed by atoms with van der Waals surface area (Å²) in [5.41, 5.74) is 3.96. The van der Waals surface area contributed by atoms with E-state index in [2.05, 4.69) is 146 Å². The van der Waals surface area contributed by atoms with Crippen molar-refractivity contribution in [1.82, 2.24) is 0 Å². The summed E-state index contributed by atoms with van der Waals surface area (Å²) in [5, 5.41) is 4.10. The molecule has 0 amide bonds. The van der Waals surface area contributed by atoms with Crippen molar-refractivity contribution in [2.45, 2.75) is 31.8 Å². The average Bonchev–Trinajstić information content (AvgIpc) is 2.99. The maximum atomic E-state index is 6.62. The number of aryl methyl sites for hydroxylation is 1. The molecule has 0 saturated carbocycles. The fourth-order valence-electron chi connectivity index (χ4n) is 4.87. The van der Waals surface area contributed by atoms with Gasteiger partial charge in [-0.25, -0.2) is 0 Å². The smallest absolute Gasteiger partial charge is 0.0865 e. The first-order valence-corrected chi connectivity index (χ1v) is 14.9. The van der Waals surface area contributed by atoms with Crippen molar-refractivity contribution in [2.24, 2.45) is 0 Å². The average molecular weight is 515 g/mol. The molecule has 2 heteroatoms. The van der Waals surface area contributed by atoms with Gasteiger partial charge < -0.3 is 4.74 Å². The molecule has 1 atom stereocenters. The lowest BCUT2D eigenvalue weighted by molar-refractivity contribution is 0.0504. The maximum absolute atomic E-state index is 6.62. The predicted octanol–water partition coefficient (Wildman–Crippen LogP) is 7.77. The molecule has 0 aliphatic heterocycles. The van der Waals surface area contributed by atoms with Crippen molar-refractivity contribution in [1.29, 1.82) is 0 Å². The SMILES string of the molecule is c1ccc(CCCCOC(Cc2ccccc2)c2cccc(P(c3ccccc3)c3ccccc3)c2)cc1. The van der Waals surface area contributed by atoms with Crippen LogP contribution in [0.3, 0.4) is 0 Å². The molecule has 1 unspecified atom stereocenters. The number of unbranched alkanes of at least 4 members (excludes halogenated alkanes) is 1. The zero-order valence-electron chi connectivity index (χ0n) is 21.8. The lowest BCUT2D eigenvalue weighted by Crippen LogP contribution is -2.21. The largest absolute Gasteiger partial charge is 0.373 e. The minimum absolute atomic E-state index is 0.0254. The van der Waals surface area contributed by atoms with Gasteiger partial charge in [-0.3, -0.25) is 0 Å². The molecule has 0 saturated heterocycles. The number of benzene rings is 5. The third kappa shape index (κ3) is 7.29. The Balaban J connectivity index is 1.37. The summed E-state index contributed by atoms with van der Waals surface area (Å²) in [7, 11) is -0.646. The molecule has 38 heavy (non-hydrogen) atoms. The molecule has 0 spiro atoms. The molecule has 0 radical (unpaired) electrons. The molecule has 1 nitrogen and oxygen atoms in total. The van der Waals surface area contributed by atoms with Crippen molar-refractivity contribution in [3.63, 3.8) is 0 Å². The Labute approximate surface area is 228 Å². The predicted molar refractivity (Wildman–Crippen MR) is 163 cm³/mol. The molecule has 0 aromatic heterocycles. The van der Waals surface area contributed by atoms with E-state index in [9.17, 15) is 0 Å². The van der Waals surface area contributed by atoms with Crippen molar-refractivity contribution in [2.75, 3.05) is 6.61 Å². The summed E-state index contributed by atoms with van der Waals surface area (Å²) in [6, 6.07) is 52.4. The minimum Gasteiger partial charge on any atom is -0.373 e. The van der Waals surface area contributed by atoms with Crippen molar-refractivity contribution in [3.8, 4) is 0 Å². The van der Waals surface area contributed by atoms with E-state index in [1.807, 2.05) is 0 Å². The van der Waals surface area contributed by atoms with Gasteiger partial charge in [-0.1, -0.05) is 140 Å². The molecule has 0 fully saturated rings. The first-order chi connectivity index (χ1) is 18.9. The highest BCUT2D eigenvalue weighted by Crippen LogP contribution is 2.34. The second kappa shape index (κ2) is 13.9. The second-order valence-corrected chi connectivity index (χ2v) is 11.8. The van der Waals surface area contributed by atoms with Gasteiger partial charge in [0.2, 0.25) is 0 Å². The minimum atomic E-state index is -0.646. The van der Waals surface area contributed by atoms with Crippen LogP contribution in [-0.2, 0) is 17.6 Å². The molecule has 0 aliphatic carbocycles. The maximum Gasteiger partial charge on any atom is 0.0865 e. The fraction of sp³-hybridized carbons (Fsp3) is 0.167. The van der Waals surface area contributed by atoms with Gasteiger partial charge in [0.1, 0.15) is 0 Å². The molecule has 0 N–H and O–H groups in total. The third-order valence-electron chi connectivity index (χ3n) is 6.81. The van der Waals surface area contributed by atoms with E-state index in [0.717, 1.165) is 32.3 Å². The first-order valence-electron chi connectivity index (χ1n) is 13.6. The Kier molecular flexibility index (Phi) is 9.53. The molecule has 0 aliphatic rings. The van der Waals surface area contributed by atoms with Gasteiger partial charge >= 0.3 is 0 Å². The summed E-state index contributed by atoms with van der Waals surface area (Å²) in [6.07, 6.45) is 4.19. The van der Waals surface area contributed by atoms with Gasteiger partial charge in [-0.05, 0) is 65.9 Å². The van der Waals surface area contributed by atoms with E-state index < -0.39 is 7.92 Å². The van der Waals surface area contributed by atoms with E-state index in [-0.39, 0.29) is 6.10 Å². The molecule has 5 aromatic rings. The topological polar surface area (TPSA) is 9.23 Å². The fourth-order valence-corrected chi connectivity index (χ4v) is 7.22. The van der Waals surface area contributed by atoms with Gasteiger partial charge in [0.15, 0.2) is 0 Å². The van der Waals surface area contributed by atoms with Crippen LogP contribution >= 0.6 is 7.92 Å².